The number of hydrogen-bond donors (Lipinski definition) is 1. The molecular weight excluding hydrogens is 252 g/mol. The topological polar surface area (TPSA) is 74.2 Å². The molecule has 6 nitrogen and oxygen atoms in total. The maximum Gasteiger partial charge on any atom is 0.340 e. The Labute approximate surface area is 114 Å². The largest absolute Gasteiger partial charge is 0.425 e. The van der Waals surface area contributed by atoms with E-state index in [1.165, 1.54) is 14.2 Å². The maximum atomic E-state index is 12.0. The second-order valence-corrected chi connectivity index (χ2v) is 6.07. The highest BCUT2D eigenvalue weighted by atomic mass is 16.8. The minimum Gasteiger partial charge on any atom is -0.425 e. The molecule has 0 aromatic rings. The van der Waals surface area contributed by atoms with E-state index < -0.39 is 35.2 Å². The molecule has 1 aliphatic rings. The van der Waals surface area contributed by atoms with Crippen LogP contribution in [-0.2, 0) is 23.7 Å². The van der Waals surface area contributed by atoms with Gasteiger partial charge in [-0.25, -0.2) is 4.79 Å². The van der Waals surface area contributed by atoms with Crippen molar-refractivity contribution in [2.45, 2.75) is 58.4 Å². The SMILES string of the molecule is CO[C@@]1(C)OC(=O)[C@@H]([C@@H](O)C(C)(C)C)O[C@]1(C)OC. The van der Waals surface area contributed by atoms with E-state index in [4.69, 9.17) is 18.9 Å². The fraction of sp³-hybridized carbons (Fsp3) is 0.923. The van der Waals surface area contributed by atoms with Crippen LogP contribution < -0.4 is 0 Å². The van der Waals surface area contributed by atoms with Crippen molar-refractivity contribution >= 4 is 5.97 Å². The van der Waals surface area contributed by atoms with Crippen LogP contribution in [0.5, 0.6) is 0 Å². The van der Waals surface area contributed by atoms with Crippen LogP contribution in [0.15, 0.2) is 0 Å². The van der Waals surface area contributed by atoms with Gasteiger partial charge in [0.15, 0.2) is 6.10 Å². The fourth-order valence-corrected chi connectivity index (χ4v) is 1.85. The van der Waals surface area contributed by atoms with E-state index in [-0.39, 0.29) is 0 Å². The lowest BCUT2D eigenvalue weighted by Gasteiger charge is -2.49. The Morgan fingerprint density at radius 2 is 1.68 bits per heavy atom. The quantitative estimate of drug-likeness (QED) is 0.777. The van der Waals surface area contributed by atoms with Crippen LogP contribution in [0.1, 0.15) is 34.6 Å². The Bertz CT molecular complexity index is 350. The normalized spacial score (nSPS) is 37.9. The molecule has 1 aliphatic heterocycles. The second-order valence-electron chi connectivity index (χ2n) is 6.07. The van der Waals surface area contributed by atoms with Crippen LogP contribution in [0.2, 0.25) is 0 Å². The number of aliphatic hydroxyl groups excluding tert-OH is 1. The average Bonchev–Trinajstić information content (AvgIpc) is 2.31. The third kappa shape index (κ3) is 2.76. The molecule has 4 atom stereocenters. The molecule has 0 aromatic heterocycles. The summed E-state index contributed by atoms with van der Waals surface area (Å²) in [6.45, 7) is 8.58. The molecule has 1 saturated heterocycles. The van der Waals surface area contributed by atoms with Gasteiger partial charge in [-0.15, -0.1) is 0 Å². The number of cyclic esters (lactones) is 1. The molecule has 112 valence electrons. The number of carbonyl (C=O) groups is 1. The molecule has 0 aromatic carbocycles. The Hall–Kier alpha value is -0.690. The number of aliphatic hydroxyl groups is 1. The van der Waals surface area contributed by atoms with Gasteiger partial charge in [-0.3, -0.25) is 0 Å². The van der Waals surface area contributed by atoms with Gasteiger partial charge in [0, 0.05) is 21.1 Å². The predicted molar refractivity (Wildman–Crippen MR) is 67.3 cm³/mol. The van der Waals surface area contributed by atoms with E-state index in [1.807, 2.05) is 20.8 Å². The van der Waals surface area contributed by atoms with Crippen molar-refractivity contribution in [2.24, 2.45) is 5.41 Å². The minimum atomic E-state index is -1.37. The van der Waals surface area contributed by atoms with E-state index in [0.29, 0.717) is 0 Å². The van der Waals surface area contributed by atoms with Crippen LogP contribution in [0.25, 0.3) is 0 Å². The van der Waals surface area contributed by atoms with Crippen molar-refractivity contribution in [1.82, 2.24) is 0 Å². The fourth-order valence-electron chi connectivity index (χ4n) is 1.85. The van der Waals surface area contributed by atoms with Gasteiger partial charge in [-0.2, -0.15) is 0 Å². The first-order chi connectivity index (χ1) is 8.50. The van der Waals surface area contributed by atoms with E-state index in [2.05, 4.69) is 0 Å². The lowest BCUT2D eigenvalue weighted by Crippen LogP contribution is -2.66. The zero-order valence-electron chi connectivity index (χ0n) is 12.6. The number of ether oxygens (including phenoxy) is 4. The number of rotatable bonds is 3. The molecule has 1 rings (SSSR count). The molecule has 0 unspecified atom stereocenters. The molecule has 1 heterocycles. The molecule has 0 spiro atoms. The molecular formula is C13H24O6. The van der Waals surface area contributed by atoms with Crippen molar-refractivity contribution < 1.29 is 28.8 Å². The molecule has 1 N–H and O–H groups in total. The smallest absolute Gasteiger partial charge is 0.340 e. The molecule has 0 saturated carbocycles. The summed E-state index contributed by atoms with van der Waals surface area (Å²) in [5.41, 5.74) is -0.529. The Morgan fingerprint density at radius 3 is 2.05 bits per heavy atom. The van der Waals surface area contributed by atoms with Gasteiger partial charge in [0.05, 0.1) is 6.10 Å². The first-order valence-electron chi connectivity index (χ1n) is 6.20. The standard InChI is InChI=1S/C13H24O6/c1-11(2,3)9(14)8-10(15)19-13(5,17-7)12(4,16-6)18-8/h8-9,14H,1-7H3/t8-,9-,12+,13+/m1/s1. The zero-order valence-corrected chi connectivity index (χ0v) is 12.6. The van der Waals surface area contributed by atoms with Crippen LogP contribution in [0.4, 0.5) is 0 Å². The molecule has 19 heavy (non-hydrogen) atoms. The maximum absolute atomic E-state index is 12.0. The van der Waals surface area contributed by atoms with Crippen LogP contribution >= 0.6 is 0 Å². The highest BCUT2D eigenvalue weighted by Gasteiger charge is 2.59. The lowest BCUT2D eigenvalue weighted by molar-refractivity contribution is -0.412. The summed E-state index contributed by atoms with van der Waals surface area (Å²) in [6.07, 6.45) is -2.14. The molecule has 0 aliphatic carbocycles. The number of esters is 1. The van der Waals surface area contributed by atoms with Crippen LogP contribution in [0, 0.1) is 5.41 Å². The summed E-state index contributed by atoms with van der Waals surface area (Å²) in [7, 11) is 2.82. The number of hydrogen-bond acceptors (Lipinski definition) is 6. The van der Waals surface area contributed by atoms with Gasteiger partial charge < -0.3 is 24.1 Å². The summed E-state index contributed by atoms with van der Waals surface area (Å²) in [5.74, 6) is -3.33. The van der Waals surface area contributed by atoms with Crippen molar-refractivity contribution in [3.05, 3.63) is 0 Å². The predicted octanol–water partition coefficient (Wildman–Crippen LogP) is 1.06. The van der Waals surface area contributed by atoms with Gasteiger partial charge in [-0.05, 0) is 12.3 Å². The first-order valence-corrected chi connectivity index (χ1v) is 6.20. The minimum absolute atomic E-state index is 0.529. The molecule has 0 amide bonds. The molecule has 0 bridgehead atoms. The molecule has 6 heteroatoms. The average molecular weight is 276 g/mol. The third-order valence-electron chi connectivity index (χ3n) is 3.66. The van der Waals surface area contributed by atoms with Crippen LogP contribution in [-0.4, -0.2) is 49.1 Å². The Kier molecular flexibility index (Phi) is 4.32. The summed E-state index contributed by atoms with van der Waals surface area (Å²) in [5, 5.41) is 10.2. The number of carbonyl (C=O) groups excluding carboxylic acids is 1. The second kappa shape index (κ2) is 5.01. The number of methoxy groups -OCH3 is 2. The molecule has 1 fully saturated rings. The Balaban J connectivity index is 3.07. The van der Waals surface area contributed by atoms with Crippen molar-refractivity contribution in [3.8, 4) is 0 Å². The van der Waals surface area contributed by atoms with Crippen molar-refractivity contribution in [1.29, 1.82) is 0 Å². The van der Waals surface area contributed by atoms with Crippen molar-refractivity contribution in [3.63, 3.8) is 0 Å². The van der Waals surface area contributed by atoms with Gasteiger partial charge in [0.1, 0.15) is 0 Å². The van der Waals surface area contributed by atoms with Gasteiger partial charge in [-0.1, -0.05) is 20.8 Å². The summed E-state index contributed by atoms with van der Waals surface area (Å²) < 4.78 is 21.4. The van der Waals surface area contributed by atoms with E-state index >= 15 is 0 Å². The lowest BCUT2D eigenvalue weighted by atomic mass is 9.85. The van der Waals surface area contributed by atoms with E-state index in [0.717, 1.165) is 0 Å². The highest BCUT2D eigenvalue weighted by Crippen LogP contribution is 2.39. The monoisotopic (exact) mass is 276 g/mol. The van der Waals surface area contributed by atoms with Crippen molar-refractivity contribution in [2.75, 3.05) is 14.2 Å². The summed E-state index contributed by atoms with van der Waals surface area (Å²) >= 11 is 0. The van der Waals surface area contributed by atoms with E-state index in [9.17, 15) is 9.90 Å². The highest BCUT2D eigenvalue weighted by molar-refractivity contribution is 5.76. The zero-order chi connectivity index (χ0) is 15.1. The van der Waals surface area contributed by atoms with Gasteiger partial charge in [0.2, 0.25) is 5.79 Å². The van der Waals surface area contributed by atoms with Gasteiger partial charge >= 0.3 is 5.97 Å². The molecule has 0 radical (unpaired) electrons. The van der Waals surface area contributed by atoms with Crippen LogP contribution in [0.3, 0.4) is 0 Å². The third-order valence-corrected chi connectivity index (χ3v) is 3.66. The van der Waals surface area contributed by atoms with E-state index in [1.54, 1.807) is 13.8 Å². The summed E-state index contributed by atoms with van der Waals surface area (Å²) in [4.78, 5) is 12.0. The first kappa shape index (κ1) is 16.4. The summed E-state index contributed by atoms with van der Waals surface area (Å²) in [6, 6.07) is 0. The Morgan fingerprint density at radius 1 is 1.21 bits per heavy atom. The van der Waals surface area contributed by atoms with Gasteiger partial charge in [0.25, 0.3) is 5.79 Å².